The number of amides is 1. The van der Waals surface area contributed by atoms with Crippen LogP contribution in [0.4, 0.5) is 5.00 Å². The van der Waals surface area contributed by atoms with E-state index in [4.69, 9.17) is 27.9 Å². The summed E-state index contributed by atoms with van der Waals surface area (Å²) in [5.74, 6) is -0.865. The molecule has 1 amide bonds. The van der Waals surface area contributed by atoms with Crippen LogP contribution >= 0.6 is 34.5 Å². The lowest BCUT2D eigenvalue weighted by atomic mass is 10.0. The first-order valence-electron chi connectivity index (χ1n) is 8.77. The van der Waals surface area contributed by atoms with Crippen LogP contribution in [0.1, 0.15) is 22.8 Å². The average molecular weight is 446 g/mol. The highest BCUT2D eigenvalue weighted by molar-refractivity contribution is 7.15. The van der Waals surface area contributed by atoms with Crippen molar-refractivity contribution < 1.29 is 14.3 Å². The molecule has 0 bridgehead atoms. The maximum Gasteiger partial charge on any atom is 0.341 e. The number of anilines is 1. The molecule has 3 aromatic rings. The zero-order valence-electron chi connectivity index (χ0n) is 15.4. The Labute approximate surface area is 182 Å². The fourth-order valence-electron chi connectivity index (χ4n) is 2.64. The number of ether oxygens (including phenoxy) is 1. The van der Waals surface area contributed by atoms with Gasteiger partial charge in [0.1, 0.15) is 10.6 Å². The summed E-state index contributed by atoms with van der Waals surface area (Å²) < 4.78 is 5.20. The van der Waals surface area contributed by atoms with Crippen molar-refractivity contribution in [1.29, 1.82) is 0 Å². The van der Waals surface area contributed by atoms with Gasteiger partial charge in [-0.15, -0.1) is 11.3 Å². The van der Waals surface area contributed by atoms with Crippen molar-refractivity contribution in [2.24, 2.45) is 0 Å². The molecule has 1 N–H and O–H groups in total. The van der Waals surface area contributed by atoms with E-state index in [1.807, 2.05) is 35.7 Å². The summed E-state index contributed by atoms with van der Waals surface area (Å²) >= 11 is 13.3. The Hall–Kier alpha value is -2.60. The van der Waals surface area contributed by atoms with Gasteiger partial charge in [0.25, 0.3) is 0 Å². The highest BCUT2D eigenvalue weighted by Crippen LogP contribution is 2.36. The Balaban J connectivity index is 1.86. The van der Waals surface area contributed by atoms with Crippen molar-refractivity contribution in [1.82, 2.24) is 0 Å². The quantitative estimate of drug-likeness (QED) is 0.345. The summed E-state index contributed by atoms with van der Waals surface area (Å²) in [6.07, 6.45) is 2.94. The number of thiophene rings is 1. The van der Waals surface area contributed by atoms with Gasteiger partial charge in [-0.2, -0.15) is 0 Å². The fourth-order valence-corrected chi connectivity index (χ4v) is 4.07. The number of hydrogen-bond donors (Lipinski definition) is 1. The van der Waals surface area contributed by atoms with Gasteiger partial charge in [-0.1, -0.05) is 59.6 Å². The Morgan fingerprint density at radius 1 is 1.14 bits per heavy atom. The molecule has 0 atom stereocenters. The van der Waals surface area contributed by atoms with E-state index in [1.165, 1.54) is 17.4 Å². The zero-order chi connectivity index (χ0) is 20.8. The predicted molar refractivity (Wildman–Crippen MR) is 120 cm³/mol. The number of nitrogens with one attached hydrogen (secondary N) is 1. The number of halogens is 2. The molecular weight excluding hydrogens is 429 g/mol. The fraction of sp³-hybridized carbons (Fsp3) is 0.0909. The number of hydrogen-bond acceptors (Lipinski definition) is 4. The molecule has 7 heteroatoms. The summed E-state index contributed by atoms with van der Waals surface area (Å²) in [4.78, 5) is 25.0. The summed E-state index contributed by atoms with van der Waals surface area (Å²) in [6, 6.07) is 14.5. The monoisotopic (exact) mass is 445 g/mol. The lowest BCUT2D eigenvalue weighted by Crippen LogP contribution is -2.12. The van der Waals surface area contributed by atoms with E-state index in [-0.39, 0.29) is 12.5 Å². The second-order valence-corrected chi connectivity index (χ2v) is 7.65. The number of carbonyl (C=O) groups is 2. The van der Waals surface area contributed by atoms with E-state index in [2.05, 4.69) is 5.32 Å². The highest BCUT2D eigenvalue weighted by Gasteiger charge is 2.22. The predicted octanol–water partition coefficient (Wildman–Crippen LogP) is 6.55. The first-order chi connectivity index (χ1) is 14.0. The minimum Gasteiger partial charge on any atom is -0.462 e. The molecule has 3 rings (SSSR count). The summed E-state index contributed by atoms with van der Waals surface area (Å²) in [7, 11) is 0. The number of esters is 1. The van der Waals surface area contributed by atoms with Crippen molar-refractivity contribution in [2.45, 2.75) is 6.92 Å². The molecule has 0 radical (unpaired) electrons. The van der Waals surface area contributed by atoms with Crippen LogP contribution in [-0.4, -0.2) is 18.5 Å². The molecule has 0 spiro atoms. The molecule has 0 aliphatic carbocycles. The maximum atomic E-state index is 12.5. The van der Waals surface area contributed by atoms with Crippen LogP contribution in [0.3, 0.4) is 0 Å². The van der Waals surface area contributed by atoms with Gasteiger partial charge in [0, 0.05) is 27.1 Å². The molecule has 0 unspecified atom stereocenters. The van der Waals surface area contributed by atoms with Gasteiger partial charge in [0.2, 0.25) is 5.91 Å². The first kappa shape index (κ1) is 21.1. The van der Waals surface area contributed by atoms with Crippen molar-refractivity contribution in [3.05, 3.63) is 81.2 Å². The normalized spacial score (nSPS) is 10.9. The molecule has 148 valence electrons. The molecule has 29 heavy (non-hydrogen) atoms. The summed E-state index contributed by atoms with van der Waals surface area (Å²) in [5, 5.41) is 5.98. The third kappa shape index (κ3) is 5.26. The molecular formula is C22H17Cl2NO3S. The van der Waals surface area contributed by atoms with Gasteiger partial charge < -0.3 is 10.1 Å². The number of benzene rings is 2. The Morgan fingerprint density at radius 3 is 2.59 bits per heavy atom. The van der Waals surface area contributed by atoms with Gasteiger partial charge in [0.05, 0.1) is 6.61 Å². The Kier molecular flexibility index (Phi) is 7.09. The third-order valence-corrected chi connectivity index (χ3v) is 5.43. The highest BCUT2D eigenvalue weighted by atomic mass is 35.5. The van der Waals surface area contributed by atoms with Crippen LogP contribution in [-0.2, 0) is 9.53 Å². The van der Waals surface area contributed by atoms with Crippen LogP contribution in [0, 0.1) is 0 Å². The summed E-state index contributed by atoms with van der Waals surface area (Å²) in [6.45, 7) is 1.98. The van der Waals surface area contributed by atoms with Crippen molar-refractivity contribution in [2.75, 3.05) is 11.9 Å². The molecule has 0 saturated carbocycles. The van der Waals surface area contributed by atoms with Gasteiger partial charge in [-0.3, -0.25) is 4.79 Å². The molecule has 1 heterocycles. The lowest BCUT2D eigenvalue weighted by molar-refractivity contribution is -0.111. The molecule has 1 aromatic heterocycles. The second-order valence-electron chi connectivity index (χ2n) is 5.93. The van der Waals surface area contributed by atoms with Gasteiger partial charge >= 0.3 is 5.97 Å². The molecule has 0 aliphatic heterocycles. The van der Waals surface area contributed by atoms with E-state index in [0.29, 0.717) is 31.7 Å². The topological polar surface area (TPSA) is 55.4 Å². The SMILES string of the molecule is CCOC(=O)c1c(-c2ccccc2)csc1NC(=O)/C=C/c1ccc(Cl)cc1Cl. The standard InChI is InChI=1S/C22H17Cl2NO3S/c1-2-28-22(27)20-17(14-6-4-3-5-7-14)13-29-21(20)25-19(26)11-9-15-8-10-16(23)12-18(15)24/h3-13H,2H2,1H3,(H,25,26)/b11-9+. The van der Waals surface area contributed by atoms with Gasteiger partial charge in [-0.05, 0) is 36.3 Å². The molecule has 0 aliphatic rings. The van der Waals surface area contributed by atoms with Crippen molar-refractivity contribution in [3.8, 4) is 11.1 Å². The zero-order valence-corrected chi connectivity index (χ0v) is 17.8. The Morgan fingerprint density at radius 2 is 1.90 bits per heavy atom. The van der Waals surface area contributed by atoms with E-state index >= 15 is 0 Å². The third-order valence-electron chi connectivity index (χ3n) is 3.97. The van der Waals surface area contributed by atoms with E-state index in [0.717, 1.165) is 5.56 Å². The molecule has 4 nitrogen and oxygen atoms in total. The first-order valence-corrected chi connectivity index (χ1v) is 10.4. The van der Waals surface area contributed by atoms with Crippen LogP contribution in [0.5, 0.6) is 0 Å². The van der Waals surface area contributed by atoms with Crippen LogP contribution in [0.2, 0.25) is 10.0 Å². The lowest BCUT2D eigenvalue weighted by Gasteiger charge is -2.08. The van der Waals surface area contributed by atoms with Gasteiger partial charge in [0.15, 0.2) is 0 Å². The molecule has 2 aromatic carbocycles. The molecule has 0 saturated heterocycles. The van der Waals surface area contributed by atoms with Crippen LogP contribution in [0.15, 0.2) is 60.0 Å². The summed E-state index contributed by atoms with van der Waals surface area (Å²) in [5.41, 5.74) is 2.59. The van der Waals surface area contributed by atoms with Crippen molar-refractivity contribution >= 4 is 57.5 Å². The van der Waals surface area contributed by atoms with Gasteiger partial charge in [-0.25, -0.2) is 4.79 Å². The second kappa shape index (κ2) is 9.74. The number of carbonyl (C=O) groups excluding carboxylic acids is 2. The van der Waals surface area contributed by atoms with E-state index in [1.54, 1.807) is 31.2 Å². The maximum absolute atomic E-state index is 12.5. The van der Waals surface area contributed by atoms with Crippen LogP contribution in [0.25, 0.3) is 17.2 Å². The number of rotatable bonds is 6. The van der Waals surface area contributed by atoms with Crippen molar-refractivity contribution in [3.63, 3.8) is 0 Å². The van der Waals surface area contributed by atoms with Crippen LogP contribution < -0.4 is 5.32 Å². The van der Waals surface area contributed by atoms with E-state index in [9.17, 15) is 9.59 Å². The minimum absolute atomic E-state index is 0.241. The van der Waals surface area contributed by atoms with E-state index < -0.39 is 5.97 Å². The Bertz CT molecular complexity index is 1060. The average Bonchev–Trinajstić information content (AvgIpc) is 3.11. The largest absolute Gasteiger partial charge is 0.462 e. The molecule has 0 fully saturated rings. The minimum atomic E-state index is -0.479. The smallest absolute Gasteiger partial charge is 0.341 e.